The van der Waals surface area contributed by atoms with Crippen LogP contribution < -0.4 is 15.1 Å². The highest BCUT2D eigenvalue weighted by atomic mass is 16.5. The van der Waals surface area contributed by atoms with Crippen LogP contribution in [0.4, 0.5) is 5.88 Å². The minimum atomic E-state index is -0.203. The Morgan fingerprint density at radius 3 is 2.95 bits per heavy atom. The van der Waals surface area contributed by atoms with Gasteiger partial charge in [0.15, 0.2) is 0 Å². The van der Waals surface area contributed by atoms with Crippen LogP contribution in [-0.2, 0) is 0 Å². The Hall–Kier alpha value is -2.37. The molecule has 1 aromatic heterocycles. The van der Waals surface area contributed by atoms with Gasteiger partial charge in [0.1, 0.15) is 0 Å². The van der Waals surface area contributed by atoms with E-state index in [0.717, 1.165) is 19.4 Å². The number of piperidine rings is 1. The topological polar surface area (TPSA) is 62.2 Å². The predicted octanol–water partition coefficient (Wildman–Crippen LogP) is 1.72. The largest absolute Gasteiger partial charge is 0.306 e. The van der Waals surface area contributed by atoms with Crippen LogP contribution in [0.15, 0.2) is 41.1 Å². The van der Waals surface area contributed by atoms with Gasteiger partial charge in [-0.3, -0.25) is 14.6 Å². The smallest absolute Gasteiger partial charge is 0.285 e. The summed E-state index contributed by atoms with van der Waals surface area (Å²) in [5, 5.41) is 8.85. The molecule has 2 aromatic rings. The molecule has 0 aliphatic carbocycles. The standard InChI is InChI=1S/C15H18N4O2/c1-12-7-5-6-10-18(12)19-11-14(21-17-19)16-15(20)13-8-3-2-4-9-13/h2-4,8-9,11-12H,5-7,10H2,1H3/p+1. The zero-order valence-corrected chi connectivity index (χ0v) is 12.0. The second-order valence-electron chi connectivity index (χ2n) is 5.31. The third kappa shape index (κ3) is 3.04. The van der Waals surface area contributed by atoms with Gasteiger partial charge in [-0.25, -0.2) is 0 Å². The lowest BCUT2D eigenvalue weighted by molar-refractivity contribution is -0.762. The van der Waals surface area contributed by atoms with Gasteiger partial charge in [-0.15, -0.1) is 0 Å². The van der Waals surface area contributed by atoms with Gasteiger partial charge in [0, 0.05) is 5.56 Å². The van der Waals surface area contributed by atoms with E-state index in [2.05, 4.69) is 22.5 Å². The van der Waals surface area contributed by atoms with E-state index in [1.807, 2.05) is 18.2 Å². The number of carbonyl (C=O) groups is 1. The Labute approximate surface area is 123 Å². The monoisotopic (exact) mass is 287 g/mol. The average molecular weight is 287 g/mol. The van der Waals surface area contributed by atoms with Gasteiger partial charge in [0.05, 0.1) is 17.4 Å². The molecule has 2 heterocycles. The summed E-state index contributed by atoms with van der Waals surface area (Å²) >= 11 is 0. The van der Waals surface area contributed by atoms with Crippen LogP contribution in [0.25, 0.3) is 0 Å². The van der Waals surface area contributed by atoms with Crippen molar-refractivity contribution in [2.24, 2.45) is 0 Å². The summed E-state index contributed by atoms with van der Waals surface area (Å²) in [6.45, 7) is 3.12. The van der Waals surface area contributed by atoms with Gasteiger partial charge in [-0.2, -0.15) is 5.01 Å². The van der Waals surface area contributed by atoms with E-state index in [1.165, 1.54) is 6.42 Å². The number of anilines is 1. The average Bonchev–Trinajstić information content (AvgIpc) is 2.97. The highest BCUT2D eigenvalue weighted by molar-refractivity contribution is 6.03. The summed E-state index contributed by atoms with van der Waals surface area (Å²) in [4.78, 5) is 13.7. The van der Waals surface area contributed by atoms with Crippen molar-refractivity contribution in [1.29, 1.82) is 0 Å². The molecule has 110 valence electrons. The summed E-state index contributed by atoms with van der Waals surface area (Å²) in [7, 11) is 0. The van der Waals surface area contributed by atoms with Crippen molar-refractivity contribution < 1.29 is 14.1 Å². The molecule has 0 bridgehead atoms. The Bertz CT molecular complexity index is 611. The van der Waals surface area contributed by atoms with Crippen molar-refractivity contribution in [3.63, 3.8) is 0 Å². The molecule has 21 heavy (non-hydrogen) atoms. The Morgan fingerprint density at radius 2 is 2.19 bits per heavy atom. The molecule has 1 aliphatic heterocycles. The molecule has 1 atom stereocenters. The predicted molar refractivity (Wildman–Crippen MR) is 77.5 cm³/mol. The lowest BCUT2D eigenvalue weighted by Gasteiger charge is -2.25. The van der Waals surface area contributed by atoms with E-state index in [9.17, 15) is 4.79 Å². The number of benzene rings is 1. The zero-order chi connectivity index (χ0) is 14.7. The maximum absolute atomic E-state index is 12.0. The van der Waals surface area contributed by atoms with Gasteiger partial charge < -0.3 is 0 Å². The molecule has 3 rings (SSSR count). The molecule has 1 aromatic carbocycles. The fraction of sp³-hybridized carbons (Fsp3) is 0.400. The Balaban J connectivity index is 1.69. The van der Waals surface area contributed by atoms with Gasteiger partial charge in [0.2, 0.25) is 5.27 Å². The highest BCUT2D eigenvalue weighted by Crippen LogP contribution is 2.13. The van der Waals surface area contributed by atoms with Crippen LogP contribution in [0.5, 0.6) is 0 Å². The molecule has 1 aliphatic rings. The van der Waals surface area contributed by atoms with Crippen LogP contribution in [0.2, 0.25) is 0 Å². The maximum Gasteiger partial charge on any atom is 0.306 e. The van der Waals surface area contributed by atoms with Crippen LogP contribution in [0.3, 0.4) is 0 Å². The number of aromatic nitrogens is 2. The third-order valence-electron chi connectivity index (χ3n) is 3.76. The molecule has 6 nitrogen and oxygen atoms in total. The fourth-order valence-corrected chi connectivity index (χ4v) is 2.57. The molecule has 1 unspecified atom stereocenters. The number of hydrogen-bond acceptors (Lipinski definition) is 4. The first-order valence-corrected chi connectivity index (χ1v) is 7.26. The summed E-state index contributed by atoms with van der Waals surface area (Å²) in [6.07, 6.45) is 5.25. The Kier molecular flexibility index (Phi) is 3.85. The van der Waals surface area contributed by atoms with Gasteiger partial charge in [0.25, 0.3) is 12.1 Å². The maximum atomic E-state index is 12.0. The van der Waals surface area contributed by atoms with Crippen LogP contribution in [0.1, 0.15) is 36.5 Å². The van der Waals surface area contributed by atoms with Crippen molar-refractivity contribution in [3.8, 4) is 0 Å². The highest BCUT2D eigenvalue weighted by Gasteiger charge is 2.28. The van der Waals surface area contributed by atoms with Crippen molar-refractivity contribution >= 4 is 11.8 Å². The van der Waals surface area contributed by atoms with Gasteiger partial charge >= 0.3 is 5.88 Å². The molecule has 1 saturated heterocycles. The summed E-state index contributed by atoms with van der Waals surface area (Å²) in [6, 6.07) is 9.46. The molecule has 1 N–H and O–H groups in total. The SMILES string of the molecule is CC1CCCCN1[n+]1cc(NC(=O)c2ccccc2)on1. The Morgan fingerprint density at radius 1 is 1.38 bits per heavy atom. The number of hydrogen-bond donors (Lipinski definition) is 1. The van der Waals surface area contributed by atoms with Crippen molar-refractivity contribution in [2.75, 3.05) is 16.9 Å². The molecule has 1 fully saturated rings. The number of carbonyl (C=O) groups excluding carboxylic acids is 1. The van der Waals surface area contributed by atoms with Gasteiger partial charge in [-0.1, -0.05) is 18.2 Å². The van der Waals surface area contributed by atoms with E-state index in [4.69, 9.17) is 4.52 Å². The number of nitrogens with one attached hydrogen (secondary N) is 1. The quantitative estimate of drug-likeness (QED) is 0.873. The number of amides is 1. The van der Waals surface area contributed by atoms with Crippen LogP contribution >= 0.6 is 0 Å². The molecule has 0 radical (unpaired) electrons. The molecular weight excluding hydrogens is 268 g/mol. The first kappa shape index (κ1) is 13.6. The van der Waals surface area contributed by atoms with Gasteiger partial charge in [-0.05, 0) is 38.3 Å². The summed E-state index contributed by atoms with van der Waals surface area (Å²) in [5.74, 6) is 0.146. The second kappa shape index (κ2) is 5.95. The minimum absolute atomic E-state index is 0.203. The summed E-state index contributed by atoms with van der Waals surface area (Å²) in [5.41, 5.74) is 0.590. The molecule has 1 amide bonds. The number of nitrogens with zero attached hydrogens (tertiary/aromatic N) is 3. The minimum Gasteiger partial charge on any atom is -0.285 e. The lowest BCUT2D eigenvalue weighted by atomic mass is 10.1. The summed E-state index contributed by atoms with van der Waals surface area (Å²) < 4.78 is 5.20. The lowest BCUT2D eigenvalue weighted by Crippen LogP contribution is -2.64. The van der Waals surface area contributed by atoms with E-state index in [1.54, 1.807) is 23.1 Å². The van der Waals surface area contributed by atoms with E-state index in [0.29, 0.717) is 17.5 Å². The van der Waals surface area contributed by atoms with Crippen molar-refractivity contribution in [2.45, 2.75) is 32.2 Å². The normalized spacial score (nSPS) is 18.5. The van der Waals surface area contributed by atoms with E-state index < -0.39 is 0 Å². The first-order valence-electron chi connectivity index (χ1n) is 7.26. The fourth-order valence-electron chi connectivity index (χ4n) is 2.57. The first-order chi connectivity index (χ1) is 10.2. The molecule has 0 spiro atoms. The zero-order valence-electron chi connectivity index (χ0n) is 12.0. The van der Waals surface area contributed by atoms with Crippen LogP contribution in [0, 0.1) is 0 Å². The molecule has 6 heteroatoms. The van der Waals surface area contributed by atoms with Crippen LogP contribution in [-0.4, -0.2) is 23.8 Å². The third-order valence-corrected chi connectivity index (χ3v) is 3.76. The van der Waals surface area contributed by atoms with E-state index >= 15 is 0 Å². The van der Waals surface area contributed by atoms with Crippen molar-refractivity contribution in [1.82, 2.24) is 5.27 Å². The van der Waals surface area contributed by atoms with Crippen molar-refractivity contribution in [3.05, 3.63) is 42.1 Å². The molecular formula is C15H19N4O2+. The number of rotatable bonds is 3. The van der Waals surface area contributed by atoms with E-state index in [-0.39, 0.29) is 5.91 Å². The second-order valence-corrected chi connectivity index (χ2v) is 5.31. The molecule has 0 saturated carbocycles.